The van der Waals surface area contributed by atoms with Crippen LogP contribution >= 0.6 is 11.6 Å². The number of benzene rings is 1. The summed E-state index contributed by atoms with van der Waals surface area (Å²) in [5, 5.41) is 3.18. The van der Waals surface area contributed by atoms with Gasteiger partial charge in [-0.3, -0.25) is 9.78 Å². The van der Waals surface area contributed by atoms with Crippen LogP contribution in [0.15, 0.2) is 42.7 Å². The summed E-state index contributed by atoms with van der Waals surface area (Å²) in [4.78, 5) is 16.0. The van der Waals surface area contributed by atoms with Gasteiger partial charge in [0.1, 0.15) is 0 Å². The van der Waals surface area contributed by atoms with Crippen LogP contribution in [-0.4, -0.2) is 10.9 Å². The molecule has 1 amide bonds. The normalized spacial score (nSPS) is 11.2. The third-order valence-corrected chi connectivity index (χ3v) is 3.41. The molecule has 0 saturated heterocycles. The number of nitrogens with zero attached hydrogens (tertiary/aromatic N) is 1. The largest absolute Gasteiger partial charge is 0.323 e. The highest BCUT2D eigenvalue weighted by Gasteiger charge is 2.30. The van der Waals surface area contributed by atoms with E-state index >= 15 is 0 Å². The first-order valence-electron chi connectivity index (χ1n) is 6.08. The Hall–Kier alpha value is -1.94. The molecule has 104 valence electrons. The minimum Gasteiger partial charge on any atom is -0.323 e. The molecule has 1 aromatic carbocycles. The van der Waals surface area contributed by atoms with E-state index in [9.17, 15) is 9.18 Å². The van der Waals surface area contributed by atoms with Crippen molar-refractivity contribution in [1.82, 2.24) is 4.98 Å². The van der Waals surface area contributed by atoms with Crippen LogP contribution < -0.4 is 5.32 Å². The van der Waals surface area contributed by atoms with E-state index in [1.165, 1.54) is 12.3 Å². The molecular weight excluding hydrogens is 279 g/mol. The number of anilines is 1. The summed E-state index contributed by atoms with van der Waals surface area (Å²) < 4.78 is 13.5. The highest BCUT2D eigenvalue weighted by Crippen LogP contribution is 2.26. The second kappa shape index (κ2) is 5.59. The van der Waals surface area contributed by atoms with Crippen molar-refractivity contribution in [1.29, 1.82) is 0 Å². The van der Waals surface area contributed by atoms with Gasteiger partial charge in [0.2, 0.25) is 5.91 Å². The Morgan fingerprint density at radius 2 is 1.90 bits per heavy atom. The van der Waals surface area contributed by atoms with Gasteiger partial charge in [-0.15, -0.1) is 0 Å². The van der Waals surface area contributed by atoms with E-state index in [4.69, 9.17) is 11.6 Å². The van der Waals surface area contributed by atoms with Crippen LogP contribution in [0.5, 0.6) is 0 Å². The van der Waals surface area contributed by atoms with Crippen molar-refractivity contribution >= 4 is 23.2 Å². The van der Waals surface area contributed by atoms with Gasteiger partial charge in [0.15, 0.2) is 5.82 Å². The first-order valence-corrected chi connectivity index (χ1v) is 6.46. The van der Waals surface area contributed by atoms with Gasteiger partial charge >= 0.3 is 0 Å². The van der Waals surface area contributed by atoms with Gasteiger partial charge in [0.05, 0.1) is 17.3 Å². The van der Waals surface area contributed by atoms with E-state index < -0.39 is 11.2 Å². The lowest BCUT2D eigenvalue weighted by atomic mass is 9.83. The molecule has 3 nitrogen and oxygen atoms in total. The molecule has 0 bridgehead atoms. The number of halogens is 2. The summed E-state index contributed by atoms with van der Waals surface area (Å²) in [5.74, 6) is -0.863. The molecule has 0 aliphatic carbocycles. The Bertz CT molecular complexity index is 626. The number of hydrogen-bond acceptors (Lipinski definition) is 2. The maximum atomic E-state index is 13.5. The lowest BCUT2D eigenvalue weighted by molar-refractivity contribution is -0.120. The van der Waals surface area contributed by atoms with E-state index in [-0.39, 0.29) is 11.6 Å². The fourth-order valence-corrected chi connectivity index (χ4v) is 1.88. The van der Waals surface area contributed by atoms with Crippen LogP contribution in [-0.2, 0) is 10.2 Å². The number of amides is 1. The van der Waals surface area contributed by atoms with Crippen molar-refractivity contribution in [2.75, 3.05) is 5.32 Å². The summed E-state index contributed by atoms with van der Waals surface area (Å²) >= 11 is 5.83. The van der Waals surface area contributed by atoms with Crippen molar-refractivity contribution in [3.63, 3.8) is 0 Å². The Morgan fingerprint density at radius 1 is 1.25 bits per heavy atom. The molecule has 2 rings (SSSR count). The number of nitrogens with one attached hydrogen (secondary N) is 1. The van der Waals surface area contributed by atoms with E-state index in [2.05, 4.69) is 10.3 Å². The number of carbonyl (C=O) groups is 1. The number of aromatic nitrogens is 1. The second-order valence-corrected chi connectivity index (χ2v) is 5.38. The molecule has 0 aliphatic rings. The van der Waals surface area contributed by atoms with Crippen molar-refractivity contribution in [2.24, 2.45) is 0 Å². The quantitative estimate of drug-likeness (QED) is 0.935. The summed E-state index contributed by atoms with van der Waals surface area (Å²) in [6.07, 6.45) is 2.49. The molecule has 1 heterocycles. The molecule has 1 aromatic heterocycles. The van der Waals surface area contributed by atoms with E-state index in [0.29, 0.717) is 5.02 Å². The fourth-order valence-electron chi connectivity index (χ4n) is 1.75. The zero-order valence-corrected chi connectivity index (χ0v) is 11.9. The van der Waals surface area contributed by atoms with Crippen LogP contribution in [0.1, 0.15) is 19.4 Å². The first-order chi connectivity index (χ1) is 9.41. The minimum absolute atomic E-state index is 0.118. The zero-order chi connectivity index (χ0) is 14.8. The molecule has 1 N–H and O–H groups in total. The van der Waals surface area contributed by atoms with Gasteiger partial charge in [0.25, 0.3) is 0 Å². The average Bonchev–Trinajstić information content (AvgIpc) is 2.41. The van der Waals surface area contributed by atoms with Crippen LogP contribution in [0.2, 0.25) is 5.02 Å². The van der Waals surface area contributed by atoms with Gasteiger partial charge in [-0.05, 0) is 37.6 Å². The lowest BCUT2D eigenvalue weighted by Gasteiger charge is -2.24. The summed E-state index contributed by atoms with van der Waals surface area (Å²) in [6.45, 7) is 3.54. The molecular formula is C15H14ClFN2O. The number of hydrogen-bond donors (Lipinski definition) is 1. The smallest absolute Gasteiger partial charge is 0.234 e. The van der Waals surface area contributed by atoms with E-state index in [1.807, 2.05) is 0 Å². The average molecular weight is 293 g/mol. The maximum Gasteiger partial charge on any atom is 0.234 e. The molecule has 5 heteroatoms. The molecule has 0 unspecified atom stereocenters. The summed E-state index contributed by atoms with van der Waals surface area (Å²) in [6, 6.07) is 8.43. The number of rotatable bonds is 3. The molecule has 0 atom stereocenters. The SMILES string of the molecule is CC(C)(C(=O)Nc1ccncc1F)c1ccc(Cl)cc1. The highest BCUT2D eigenvalue weighted by molar-refractivity contribution is 6.30. The van der Waals surface area contributed by atoms with Crippen molar-refractivity contribution in [3.8, 4) is 0 Å². The van der Waals surface area contributed by atoms with Crippen molar-refractivity contribution in [3.05, 3.63) is 59.1 Å². The Kier molecular flexibility index (Phi) is 4.04. The van der Waals surface area contributed by atoms with Crippen molar-refractivity contribution in [2.45, 2.75) is 19.3 Å². The third-order valence-electron chi connectivity index (χ3n) is 3.15. The highest BCUT2D eigenvalue weighted by atomic mass is 35.5. The number of pyridine rings is 1. The molecule has 0 aliphatic heterocycles. The predicted octanol–water partition coefficient (Wildman–Crippen LogP) is 3.79. The van der Waals surface area contributed by atoms with Gasteiger partial charge in [0, 0.05) is 11.2 Å². The molecule has 0 fully saturated rings. The fraction of sp³-hybridized carbons (Fsp3) is 0.200. The Labute approximate surface area is 121 Å². The zero-order valence-electron chi connectivity index (χ0n) is 11.2. The minimum atomic E-state index is -0.805. The molecule has 0 saturated carbocycles. The van der Waals surface area contributed by atoms with Crippen LogP contribution in [0.25, 0.3) is 0 Å². The third kappa shape index (κ3) is 2.96. The van der Waals surface area contributed by atoms with E-state index in [1.54, 1.807) is 38.1 Å². The monoisotopic (exact) mass is 292 g/mol. The van der Waals surface area contributed by atoms with Gasteiger partial charge in [-0.2, -0.15) is 0 Å². The van der Waals surface area contributed by atoms with Crippen molar-refractivity contribution < 1.29 is 9.18 Å². The second-order valence-electron chi connectivity index (χ2n) is 4.94. The Morgan fingerprint density at radius 3 is 2.50 bits per heavy atom. The van der Waals surface area contributed by atoms with Crippen LogP contribution in [0.3, 0.4) is 0 Å². The molecule has 0 radical (unpaired) electrons. The molecule has 0 spiro atoms. The lowest BCUT2D eigenvalue weighted by Crippen LogP contribution is -2.35. The molecule has 2 aromatic rings. The first kappa shape index (κ1) is 14.5. The van der Waals surface area contributed by atoms with Crippen LogP contribution in [0.4, 0.5) is 10.1 Å². The Balaban J connectivity index is 2.23. The topological polar surface area (TPSA) is 42.0 Å². The molecule has 20 heavy (non-hydrogen) atoms. The summed E-state index contributed by atoms with van der Waals surface area (Å²) in [5.41, 5.74) is 0.112. The standard InChI is InChI=1S/C15H14ClFN2O/c1-15(2,10-3-5-11(16)6-4-10)14(20)19-13-7-8-18-9-12(13)17/h3-9H,1-2H3,(H,18,19,20). The van der Waals surface area contributed by atoms with Crippen LogP contribution in [0, 0.1) is 5.82 Å². The van der Waals surface area contributed by atoms with Gasteiger partial charge < -0.3 is 5.32 Å². The summed E-state index contributed by atoms with van der Waals surface area (Å²) in [7, 11) is 0. The maximum absolute atomic E-state index is 13.5. The van der Waals surface area contributed by atoms with E-state index in [0.717, 1.165) is 11.8 Å². The predicted molar refractivity (Wildman–Crippen MR) is 77.3 cm³/mol. The van der Waals surface area contributed by atoms with Gasteiger partial charge in [-0.1, -0.05) is 23.7 Å². The number of carbonyl (C=O) groups excluding carboxylic acids is 1. The van der Waals surface area contributed by atoms with Gasteiger partial charge in [-0.25, -0.2) is 4.39 Å².